The molecule has 3 aromatic rings. The molecule has 3 heterocycles. The van der Waals surface area contributed by atoms with E-state index in [-0.39, 0.29) is 0 Å². The molecular weight excluding hydrogens is 302 g/mol. The number of hydrogen-bond acceptors (Lipinski definition) is 6. The summed E-state index contributed by atoms with van der Waals surface area (Å²) in [4.78, 5) is 9.60. The number of nitrogens with zero attached hydrogens (tertiary/aromatic N) is 2. The summed E-state index contributed by atoms with van der Waals surface area (Å²) in [6.45, 7) is 0.488. The van der Waals surface area contributed by atoms with E-state index in [1.807, 2.05) is 29.0 Å². The summed E-state index contributed by atoms with van der Waals surface area (Å²) in [6, 6.07) is 6.00. The van der Waals surface area contributed by atoms with Crippen LogP contribution in [0.5, 0.6) is 0 Å². The Bertz CT molecular complexity index is 751. The topological polar surface area (TPSA) is 58.0 Å². The molecule has 2 N–H and O–H groups in total. The van der Waals surface area contributed by atoms with Crippen molar-refractivity contribution in [2.24, 2.45) is 5.92 Å². The van der Waals surface area contributed by atoms with Crippen molar-refractivity contribution in [2.45, 2.75) is 18.4 Å². The minimum Gasteiger partial charge on any atom is -0.382 e. The molecule has 108 valence electrons. The Morgan fingerprint density at radius 1 is 1.24 bits per heavy atom. The summed E-state index contributed by atoms with van der Waals surface area (Å²) in [5.41, 5.74) is 0.159. The van der Waals surface area contributed by atoms with E-state index in [9.17, 15) is 5.11 Å². The predicted octanol–water partition coefficient (Wildman–Crippen LogP) is 3.46. The van der Waals surface area contributed by atoms with Crippen LogP contribution >= 0.6 is 22.7 Å². The number of aliphatic hydroxyl groups is 1. The van der Waals surface area contributed by atoms with Crippen molar-refractivity contribution in [3.63, 3.8) is 0 Å². The lowest BCUT2D eigenvalue weighted by atomic mass is 9.95. The van der Waals surface area contributed by atoms with Gasteiger partial charge in [0.15, 0.2) is 0 Å². The number of nitrogens with one attached hydrogen (secondary N) is 1. The SMILES string of the molecule is OC(CNc1ncnc2ccsc12)(c1cccs1)C1CC1. The van der Waals surface area contributed by atoms with E-state index < -0.39 is 5.60 Å². The van der Waals surface area contributed by atoms with Crippen molar-refractivity contribution in [2.75, 3.05) is 11.9 Å². The third-order valence-electron chi connectivity index (χ3n) is 3.97. The fraction of sp³-hybridized carbons (Fsp3) is 0.333. The van der Waals surface area contributed by atoms with Crippen LogP contribution in [0.15, 0.2) is 35.3 Å². The summed E-state index contributed by atoms with van der Waals surface area (Å²) < 4.78 is 1.04. The Balaban J connectivity index is 1.61. The fourth-order valence-electron chi connectivity index (χ4n) is 2.65. The Labute approximate surface area is 130 Å². The van der Waals surface area contributed by atoms with Gasteiger partial charge in [0.2, 0.25) is 0 Å². The smallest absolute Gasteiger partial charge is 0.147 e. The summed E-state index contributed by atoms with van der Waals surface area (Å²) in [5.74, 6) is 1.16. The van der Waals surface area contributed by atoms with Crippen LogP contribution in [0.2, 0.25) is 0 Å². The van der Waals surface area contributed by atoms with Crippen LogP contribution in [0.3, 0.4) is 0 Å². The van der Waals surface area contributed by atoms with Gasteiger partial charge in [-0.3, -0.25) is 0 Å². The first-order valence-corrected chi connectivity index (χ1v) is 8.72. The summed E-state index contributed by atoms with van der Waals surface area (Å²) in [5, 5.41) is 18.5. The lowest BCUT2D eigenvalue weighted by Gasteiger charge is -2.27. The van der Waals surface area contributed by atoms with Crippen LogP contribution < -0.4 is 5.32 Å². The number of anilines is 1. The number of rotatable bonds is 5. The molecule has 0 spiro atoms. The number of thiophene rings is 2. The van der Waals surface area contributed by atoms with E-state index in [1.54, 1.807) is 29.0 Å². The molecule has 0 aliphatic heterocycles. The average Bonchev–Trinajstić information content (AvgIpc) is 3.03. The van der Waals surface area contributed by atoms with Crippen molar-refractivity contribution in [3.05, 3.63) is 40.2 Å². The minimum absolute atomic E-state index is 0.351. The molecule has 1 aliphatic carbocycles. The van der Waals surface area contributed by atoms with Gasteiger partial charge in [-0.1, -0.05) is 6.07 Å². The molecule has 4 nitrogen and oxygen atoms in total. The lowest BCUT2D eigenvalue weighted by molar-refractivity contribution is 0.0303. The molecule has 1 atom stereocenters. The monoisotopic (exact) mass is 317 g/mol. The van der Waals surface area contributed by atoms with E-state index in [4.69, 9.17) is 0 Å². The maximum atomic E-state index is 11.1. The zero-order chi connectivity index (χ0) is 14.3. The molecule has 1 aliphatic rings. The van der Waals surface area contributed by atoms with E-state index in [1.165, 1.54) is 0 Å². The van der Waals surface area contributed by atoms with Crippen LogP contribution in [0.4, 0.5) is 5.82 Å². The quantitative estimate of drug-likeness (QED) is 0.756. The fourth-order valence-corrected chi connectivity index (χ4v) is 4.37. The molecule has 0 saturated heterocycles. The van der Waals surface area contributed by atoms with Crippen LogP contribution in [0.1, 0.15) is 17.7 Å². The molecule has 1 saturated carbocycles. The van der Waals surface area contributed by atoms with Gasteiger partial charge in [-0.05, 0) is 41.7 Å². The van der Waals surface area contributed by atoms with E-state index >= 15 is 0 Å². The lowest BCUT2D eigenvalue weighted by Crippen LogP contribution is -2.35. The third-order valence-corrected chi connectivity index (χ3v) is 5.92. The Kier molecular flexibility index (Phi) is 3.17. The summed E-state index contributed by atoms with van der Waals surface area (Å²) in [7, 11) is 0. The molecule has 1 unspecified atom stereocenters. The second-order valence-corrected chi connectivity index (χ2v) is 7.25. The average molecular weight is 317 g/mol. The van der Waals surface area contributed by atoms with Gasteiger partial charge >= 0.3 is 0 Å². The highest BCUT2D eigenvalue weighted by atomic mass is 32.1. The van der Waals surface area contributed by atoms with Gasteiger partial charge in [-0.15, -0.1) is 22.7 Å². The molecule has 6 heteroatoms. The molecule has 0 aromatic carbocycles. The van der Waals surface area contributed by atoms with Gasteiger partial charge in [0.1, 0.15) is 17.7 Å². The number of hydrogen-bond donors (Lipinski definition) is 2. The van der Waals surface area contributed by atoms with Crippen molar-refractivity contribution >= 4 is 38.7 Å². The first-order chi connectivity index (χ1) is 10.3. The van der Waals surface area contributed by atoms with Crippen molar-refractivity contribution in [1.29, 1.82) is 0 Å². The van der Waals surface area contributed by atoms with Gasteiger partial charge in [0.05, 0.1) is 16.8 Å². The zero-order valence-electron chi connectivity index (χ0n) is 11.3. The molecule has 0 amide bonds. The van der Waals surface area contributed by atoms with Gasteiger partial charge in [-0.25, -0.2) is 9.97 Å². The van der Waals surface area contributed by atoms with Crippen molar-refractivity contribution < 1.29 is 5.11 Å². The Hall–Kier alpha value is -1.50. The zero-order valence-corrected chi connectivity index (χ0v) is 13.0. The maximum absolute atomic E-state index is 11.1. The Morgan fingerprint density at radius 3 is 2.90 bits per heavy atom. The second kappa shape index (κ2) is 5.05. The van der Waals surface area contributed by atoms with E-state index in [0.29, 0.717) is 12.5 Å². The number of aromatic nitrogens is 2. The molecule has 0 radical (unpaired) electrons. The Morgan fingerprint density at radius 2 is 2.14 bits per heavy atom. The van der Waals surface area contributed by atoms with Crippen molar-refractivity contribution in [3.8, 4) is 0 Å². The highest BCUT2D eigenvalue weighted by molar-refractivity contribution is 7.17. The molecule has 4 rings (SSSR count). The summed E-state index contributed by atoms with van der Waals surface area (Å²) in [6.07, 6.45) is 3.75. The van der Waals surface area contributed by atoms with Crippen molar-refractivity contribution in [1.82, 2.24) is 9.97 Å². The van der Waals surface area contributed by atoms with Gasteiger partial charge in [-0.2, -0.15) is 0 Å². The van der Waals surface area contributed by atoms with E-state index in [2.05, 4.69) is 15.3 Å². The van der Waals surface area contributed by atoms with E-state index in [0.717, 1.165) is 33.8 Å². The number of fused-ring (bicyclic) bond motifs is 1. The predicted molar refractivity (Wildman–Crippen MR) is 86.8 cm³/mol. The second-order valence-electron chi connectivity index (χ2n) is 5.39. The molecular formula is C15H15N3OS2. The highest BCUT2D eigenvalue weighted by Crippen LogP contribution is 2.47. The van der Waals surface area contributed by atoms with Gasteiger partial charge in [0, 0.05) is 4.88 Å². The van der Waals surface area contributed by atoms with Crippen LogP contribution in [0, 0.1) is 5.92 Å². The third kappa shape index (κ3) is 2.33. The summed E-state index contributed by atoms with van der Waals surface area (Å²) >= 11 is 3.24. The largest absolute Gasteiger partial charge is 0.382 e. The minimum atomic E-state index is -0.789. The van der Waals surface area contributed by atoms with Crippen LogP contribution in [-0.2, 0) is 5.60 Å². The van der Waals surface area contributed by atoms with Gasteiger partial charge in [0.25, 0.3) is 0 Å². The first-order valence-electron chi connectivity index (χ1n) is 6.96. The molecule has 3 aromatic heterocycles. The highest BCUT2D eigenvalue weighted by Gasteiger charge is 2.45. The normalized spacial score (nSPS) is 17.8. The molecule has 21 heavy (non-hydrogen) atoms. The molecule has 0 bridgehead atoms. The first kappa shape index (κ1) is 13.2. The maximum Gasteiger partial charge on any atom is 0.147 e. The molecule has 1 fully saturated rings. The van der Waals surface area contributed by atoms with Crippen LogP contribution in [0.25, 0.3) is 10.2 Å². The van der Waals surface area contributed by atoms with Gasteiger partial charge < -0.3 is 10.4 Å². The van der Waals surface area contributed by atoms with Crippen LogP contribution in [-0.4, -0.2) is 21.6 Å². The standard InChI is InChI=1S/C15H15N3OS2/c19-15(10-3-4-10,12-2-1-6-20-12)8-16-14-13-11(5-7-21-13)17-9-18-14/h1-2,5-7,9-10,19H,3-4,8H2,(H,16,17,18).